The van der Waals surface area contributed by atoms with Gasteiger partial charge in [-0.3, -0.25) is 14.3 Å². The molecule has 3 heterocycles. The third kappa shape index (κ3) is 4.50. The van der Waals surface area contributed by atoms with Crippen LogP contribution in [-0.2, 0) is 6.54 Å². The van der Waals surface area contributed by atoms with Gasteiger partial charge in [-0.05, 0) is 71.1 Å². The summed E-state index contributed by atoms with van der Waals surface area (Å²) >= 11 is 7.47. The van der Waals surface area contributed by atoms with Gasteiger partial charge in [-0.1, -0.05) is 41.9 Å². The maximum atomic E-state index is 13.4. The minimum Gasteiger partial charge on any atom is -0.393 e. The molecule has 0 radical (unpaired) electrons. The van der Waals surface area contributed by atoms with Crippen molar-refractivity contribution in [3.05, 3.63) is 94.0 Å². The number of halogens is 1. The van der Waals surface area contributed by atoms with E-state index < -0.39 is 0 Å². The van der Waals surface area contributed by atoms with E-state index in [0.717, 1.165) is 59.4 Å². The number of benzene rings is 3. The van der Waals surface area contributed by atoms with Crippen LogP contribution in [0.2, 0.25) is 5.02 Å². The van der Waals surface area contributed by atoms with Crippen LogP contribution < -0.4 is 5.56 Å². The van der Waals surface area contributed by atoms with E-state index in [0.29, 0.717) is 15.2 Å². The molecule has 5 aromatic rings. The maximum absolute atomic E-state index is 13.4. The topological polar surface area (TPSA) is 58.4 Å². The number of aromatic nitrogens is 2. The SMILES string of the molecule is O=c1c2sc(-c3ccc(Cl)cc3)cc2ncn1-c1ccc2cc(CN3CCC(O)CC3)ccc2c1. The highest BCUT2D eigenvalue weighted by molar-refractivity contribution is 7.22. The Morgan fingerprint density at radius 2 is 1.71 bits per heavy atom. The van der Waals surface area contributed by atoms with Crippen molar-refractivity contribution in [2.24, 2.45) is 0 Å². The lowest BCUT2D eigenvalue weighted by Gasteiger charge is -2.29. The summed E-state index contributed by atoms with van der Waals surface area (Å²) in [5.74, 6) is 0. The number of nitrogens with zero attached hydrogens (tertiary/aromatic N) is 3. The summed E-state index contributed by atoms with van der Waals surface area (Å²) < 4.78 is 2.26. The fourth-order valence-corrected chi connectivity index (χ4v) is 5.89. The number of thiophene rings is 1. The second-order valence-corrected chi connectivity index (χ2v) is 10.6. The summed E-state index contributed by atoms with van der Waals surface area (Å²) in [6.07, 6.45) is 3.14. The van der Waals surface area contributed by atoms with Gasteiger partial charge in [0.1, 0.15) is 11.0 Å². The molecule has 5 nitrogen and oxygen atoms in total. The van der Waals surface area contributed by atoms with Crippen molar-refractivity contribution in [2.45, 2.75) is 25.5 Å². The number of likely N-dealkylation sites (tertiary alicyclic amines) is 1. The van der Waals surface area contributed by atoms with E-state index in [-0.39, 0.29) is 11.7 Å². The fourth-order valence-electron chi connectivity index (χ4n) is 4.72. The van der Waals surface area contributed by atoms with Crippen LogP contribution in [-0.4, -0.2) is 38.8 Å². The molecule has 0 bridgehead atoms. The van der Waals surface area contributed by atoms with Gasteiger partial charge < -0.3 is 5.11 Å². The van der Waals surface area contributed by atoms with Crippen LogP contribution in [0.4, 0.5) is 0 Å². The number of rotatable bonds is 4. The molecule has 0 atom stereocenters. The van der Waals surface area contributed by atoms with Crippen LogP contribution in [0.15, 0.2) is 77.9 Å². The number of piperidine rings is 1. The van der Waals surface area contributed by atoms with Gasteiger partial charge >= 0.3 is 0 Å². The van der Waals surface area contributed by atoms with Crippen LogP contribution >= 0.6 is 22.9 Å². The van der Waals surface area contributed by atoms with E-state index in [4.69, 9.17) is 11.6 Å². The molecule has 1 aliphatic rings. The molecule has 0 aliphatic carbocycles. The predicted molar refractivity (Wildman–Crippen MR) is 144 cm³/mol. The Labute approximate surface area is 211 Å². The highest BCUT2D eigenvalue weighted by Gasteiger charge is 2.17. The van der Waals surface area contributed by atoms with Crippen molar-refractivity contribution in [2.75, 3.05) is 13.1 Å². The molecule has 1 saturated heterocycles. The molecule has 0 unspecified atom stereocenters. The Morgan fingerprint density at radius 1 is 0.971 bits per heavy atom. The molecule has 7 heteroatoms. The third-order valence-electron chi connectivity index (χ3n) is 6.70. The van der Waals surface area contributed by atoms with Gasteiger partial charge in [0.05, 0.1) is 17.3 Å². The zero-order chi connectivity index (χ0) is 23.9. The molecule has 6 rings (SSSR count). The smallest absolute Gasteiger partial charge is 0.275 e. The summed E-state index contributed by atoms with van der Waals surface area (Å²) in [7, 11) is 0. The average Bonchev–Trinajstić information content (AvgIpc) is 3.31. The molecule has 2 aromatic heterocycles. The first-order chi connectivity index (χ1) is 17.0. The van der Waals surface area contributed by atoms with Crippen molar-refractivity contribution in [1.29, 1.82) is 0 Å². The van der Waals surface area contributed by atoms with Crippen molar-refractivity contribution < 1.29 is 5.11 Å². The van der Waals surface area contributed by atoms with E-state index >= 15 is 0 Å². The molecule has 0 amide bonds. The first kappa shape index (κ1) is 22.4. The van der Waals surface area contributed by atoms with Gasteiger partial charge in [-0.2, -0.15) is 0 Å². The van der Waals surface area contributed by atoms with Crippen LogP contribution in [0, 0.1) is 0 Å². The highest BCUT2D eigenvalue weighted by atomic mass is 35.5. The van der Waals surface area contributed by atoms with Gasteiger partial charge in [0.15, 0.2) is 0 Å². The summed E-state index contributed by atoms with van der Waals surface area (Å²) in [6.45, 7) is 2.75. The molecular weight excluding hydrogens is 478 g/mol. The lowest BCUT2D eigenvalue weighted by Crippen LogP contribution is -2.35. The van der Waals surface area contributed by atoms with Crippen LogP contribution in [0.25, 0.3) is 37.1 Å². The largest absolute Gasteiger partial charge is 0.393 e. The second-order valence-electron chi connectivity index (χ2n) is 9.12. The van der Waals surface area contributed by atoms with Crippen LogP contribution in [0.5, 0.6) is 0 Å². The molecule has 1 aliphatic heterocycles. The van der Waals surface area contributed by atoms with Gasteiger partial charge in [0, 0.05) is 29.5 Å². The van der Waals surface area contributed by atoms with E-state index in [1.165, 1.54) is 16.9 Å². The molecular formula is C28H24ClN3O2S. The van der Waals surface area contributed by atoms with E-state index in [1.54, 1.807) is 10.9 Å². The van der Waals surface area contributed by atoms with Crippen molar-refractivity contribution in [3.63, 3.8) is 0 Å². The molecule has 1 N–H and O–H groups in total. The molecule has 1 fully saturated rings. The number of aliphatic hydroxyl groups excluding tert-OH is 1. The first-order valence-corrected chi connectivity index (χ1v) is 12.9. The van der Waals surface area contributed by atoms with Gasteiger partial charge in [0.2, 0.25) is 0 Å². The lowest BCUT2D eigenvalue weighted by molar-refractivity contribution is 0.0792. The number of aliphatic hydroxyl groups is 1. The summed E-state index contributed by atoms with van der Waals surface area (Å²) in [4.78, 5) is 21.3. The van der Waals surface area contributed by atoms with E-state index in [9.17, 15) is 9.90 Å². The fraction of sp³-hybridized carbons (Fsp3) is 0.214. The molecule has 35 heavy (non-hydrogen) atoms. The number of fused-ring (bicyclic) bond motifs is 2. The highest BCUT2D eigenvalue weighted by Crippen LogP contribution is 2.32. The molecule has 0 spiro atoms. The third-order valence-corrected chi connectivity index (χ3v) is 8.11. The maximum Gasteiger partial charge on any atom is 0.275 e. The Hall–Kier alpha value is -3.03. The molecule has 3 aromatic carbocycles. The Balaban J connectivity index is 1.30. The second kappa shape index (κ2) is 9.21. The Bertz CT molecular complexity index is 1580. The summed E-state index contributed by atoms with van der Waals surface area (Å²) in [6, 6.07) is 22.1. The van der Waals surface area contributed by atoms with Crippen molar-refractivity contribution >= 4 is 43.9 Å². The number of hydrogen-bond donors (Lipinski definition) is 1. The zero-order valence-corrected chi connectivity index (χ0v) is 20.6. The lowest BCUT2D eigenvalue weighted by atomic mass is 10.0. The van der Waals surface area contributed by atoms with Gasteiger partial charge in [-0.25, -0.2) is 4.98 Å². The summed E-state index contributed by atoms with van der Waals surface area (Å²) in [5.41, 5.74) is 3.72. The minimum absolute atomic E-state index is 0.0662. The van der Waals surface area contributed by atoms with Crippen LogP contribution in [0.3, 0.4) is 0 Å². The minimum atomic E-state index is -0.156. The Kier molecular flexibility index (Phi) is 5.90. The van der Waals surface area contributed by atoms with Crippen LogP contribution in [0.1, 0.15) is 18.4 Å². The summed E-state index contributed by atoms with van der Waals surface area (Å²) in [5, 5.41) is 12.6. The first-order valence-electron chi connectivity index (χ1n) is 11.7. The van der Waals surface area contributed by atoms with Crippen molar-refractivity contribution in [3.8, 4) is 16.1 Å². The molecule has 0 saturated carbocycles. The van der Waals surface area contributed by atoms with E-state index in [1.807, 2.05) is 42.5 Å². The predicted octanol–water partition coefficient (Wildman–Crippen LogP) is 5.88. The monoisotopic (exact) mass is 501 g/mol. The molecule has 176 valence electrons. The van der Waals surface area contributed by atoms with Gasteiger partial charge in [-0.15, -0.1) is 11.3 Å². The Morgan fingerprint density at radius 3 is 2.51 bits per heavy atom. The zero-order valence-electron chi connectivity index (χ0n) is 19.0. The quantitative estimate of drug-likeness (QED) is 0.334. The van der Waals surface area contributed by atoms with E-state index in [2.05, 4.69) is 34.1 Å². The van der Waals surface area contributed by atoms with Gasteiger partial charge in [0.25, 0.3) is 5.56 Å². The standard InChI is InChI=1S/C28H24ClN3O2S/c29-22-6-3-19(4-7-22)26-15-25-27(35-26)28(34)32(17-30-25)23-8-5-20-13-18(1-2-21(20)14-23)16-31-11-9-24(33)10-12-31/h1-8,13-15,17,24,33H,9-12,16H2. The average molecular weight is 502 g/mol. The van der Waals surface area contributed by atoms with Crippen molar-refractivity contribution in [1.82, 2.24) is 14.5 Å². The normalized spacial score (nSPS) is 15.3. The number of hydrogen-bond acceptors (Lipinski definition) is 5.